The van der Waals surface area contributed by atoms with Crippen LogP contribution in [0.1, 0.15) is 0 Å². The Balaban J connectivity index is 2.34. The Kier molecular flexibility index (Phi) is 5.38. The molecule has 0 aliphatic heterocycles. The van der Waals surface area contributed by atoms with Crippen LogP contribution < -0.4 is 4.74 Å². The quantitative estimate of drug-likeness (QED) is 0.566. The van der Waals surface area contributed by atoms with Crippen molar-refractivity contribution in [1.29, 1.82) is 0 Å². The van der Waals surface area contributed by atoms with Crippen LogP contribution >= 0.6 is 0 Å². The molecule has 1 aromatic carbocycles. The summed E-state index contributed by atoms with van der Waals surface area (Å²) in [6.45, 7) is 1.89. The average molecular weight is 240 g/mol. The molecular weight excluding hydrogens is 224 g/mol. The predicted molar refractivity (Wildman–Crippen MR) is 63.2 cm³/mol. The van der Waals surface area contributed by atoms with Crippen molar-refractivity contribution in [2.45, 2.75) is 0 Å². The summed E-state index contributed by atoms with van der Waals surface area (Å²) in [4.78, 5) is 11.9. The lowest BCUT2D eigenvalue weighted by Gasteiger charge is -2.15. The largest absolute Gasteiger partial charge is 0.492 e. The van der Waals surface area contributed by atoms with E-state index in [4.69, 9.17) is 9.84 Å². The maximum Gasteiger partial charge on any atom is 0.269 e. The van der Waals surface area contributed by atoms with Gasteiger partial charge in [-0.15, -0.1) is 0 Å². The van der Waals surface area contributed by atoms with Gasteiger partial charge in [-0.05, 0) is 19.2 Å². The van der Waals surface area contributed by atoms with Crippen LogP contribution in [-0.2, 0) is 0 Å². The van der Waals surface area contributed by atoms with Crippen LogP contribution in [0.15, 0.2) is 24.3 Å². The van der Waals surface area contributed by atoms with Gasteiger partial charge in [0.2, 0.25) is 0 Å². The molecule has 17 heavy (non-hydrogen) atoms. The van der Waals surface area contributed by atoms with Crippen molar-refractivity contribution < 1.29 is 14.8 Å². The molecule has 0 heterocycles. The average Bonchev–Trinajstić information content (AvgIpc) is 2.30. The molecule has 6 nitrogen and oxygen atoms in total. The summed E-state index contributed by atoms with van der Waals surface area (Å²) in [6.07, 6.45) is 0. The maximum atomic E-state index is 10.4. The lowest BCUT2D eigenvalue weighted by molar-refractivity contribution is -0.384. The Hall–Kier alpha value is -1.66. The topological polar surface area (TPSA) is 75.8 Å². The zero-order valence-corrected chi connectivity index (χ0v) is 9.70. The summed E-state index contributed by atoms with van der Waals surface area (Å²) in [5.74, 6) is 0.605. The number of benzene rings is 1. The van der Waals surface area contributed by atoms with E-state index in [1.807, 2.05) is 11.9 Å². The van der Waals surface area contributed by atoms with Gasteiger partial charge in [-0.2, -0.15) is 0 Å². The van der Waals surface area contributed by atoms with Crippen LogP contribution in [0.3, 0.4) is 0 Å². The van der Waals surface area contributed by atoms with Crippen molar-refractivity contribution >= 4 is 5.69 Å². The number of hydrogen-bond donors (Lipinski definition) is 1. The van der Waals surface area contributed by atoms with E-state index in [0.717, 1.165) is 0 Å². The van der Waals surface area contributed by atoms with Gasteiger partial charge in [0, 0.05) is 25.2 Å². The van der Waals surface area contributed by atoms with E-state index in [1.165, 1.54) is 12.1 Å². The Morgan fingerprint density at radius 1 is 1.35 bits per heavy atom. The fourth-order valence-corrected chi connectivity index (χ4v) is 1.27. The smallest absolute Gasteiger partial charge is 0.269 e. The van der Waals surface area contributed by atoms with Gasteiger partial charge < -0.3 is 14.7 Å². The van der Waals surface area contributed by atoms with Gasteiger partial charge in [-0.25, -0.2) is 0 Å². The van der Waals surface area contributed by atoms with E-state index < -0.39 is 4.92 Å². The van der Waals surface area contributed by atoms with E-state index in [0.29, 0.717) is 25.4 Å². The second-order valence-electron chi connectivity index (χ2n) is 3.63. The number of ether oxygens (including phenoxy) is 1. The summed E-state index contributed by atoms with van der Waals surface area (Å²) in [5.41, 5.74) is 0.0507. The molecule has 0 unspecified atom stereocenters. The molecule has 0 radical (unpaired) electrons. The molecule has 1 N–H and O–H groups in total. The zero-order chi connectivity index (χ0) is 12.7. The molecule has 0 aliphatic carbocycles. The van der Waals surface area contributed by atoms with Crippen molar-refractivity contribution in [3.05, 3.63) is 34.4 Å². The second-order valence-corrected chi connectivity index (χ2v) is 3.63. The number of rotatable bonds is 7. The van der Waals surface area contributed by atoms with E-state index in [1.54, 1.807) is 12.1 Å². The molecule has 1 aromatic rings. The fraction of sp³-hybridized carbons (Fsp3) is 0.455. The molecule has 1 rings (SSSR count). The first-order valence-electron chi connectivity index (χ1n) is 5.30. The lowest BCUT2D eigenvalue weighted by Crippen LogP contribution is -2.27. The number of aliphatic hydroxyl groups excluding tert-OH is 1. The highest BCUT2D eigenvalue weighted by Crippen LogP contribution is 2.16. The molecule has 0 aliphatic rings. The van der Waals surface area contributed by atoms with Gasteiger partial charge in [0.05, 0.1) is 11.5 Å². The molecule has 94 valence electrons. The van der Waals surface area contributed by atoms with Crippen molar-refractivity contribution in [2.24, 2.45) is 0 Å². The predicted octanol–water partition coefficient (Wildman–Crippen LogP) is 0.898. The first-order valence-corrected chi connectivity index (χ1v) is 5.30. The van der Waals surface area contributed by atoms with Crippen molar-refractivity contribution in [2.75, 3.05) is 33.4 Å². The molecule has 0 amide bonds. The monoisotopic (exact) mass is 240 g/mol. The van der Waals surface area contributed by atoms with Crippen LogP contribution in [0, 0.1) is 10.1 Å². The molecule has 0 saturated heterocycles. The number of hydrogen-bond acceptors (Lipinski definition) is 5. The van der Waals surface area contributed by atoms with Crippen LogP contribution in [0.25, 0.3) is 0 Å². The third-order valence-electron chi connectivity index (χ3n) is 2.27. The van der Waals surface area contributed by atoms with Gasteiger partial charge in [0.1, 0.15) is 12.4 Å². The van der Waals surface area contributed by atoms with Crippen LogP contribution in [0.5, 0.6) is 5.75 Å². The Labute approximate surface area is 99.6 Å². The lowest BCUT2D eigenvalue weighted by atomic mass is 10.3. The molecule has 0 saturated carbocycles. The molecule has 0 spiro atoms. The van der Waals surface area contributed by atoms with E-state index in [9.17, 15) is 10.1 Å². The Morgan fingerprint density at radius 2 is 2.00 bits per heavy atom. The highest BCUT2D eigenvalue weighted by molar-refractivity contribution is 5.35. The number of nitrogens with zero attached hydrogens (tertiary/aromatic N) is 2. The molecule has 0 aromatic heterocycles. The van der Waals surface area contributed by atoms with Crippen molar-refractivity contribution in [3.63, 3.8) is 0 Å². The van der Waals surface area contributed by atoms with Gasteiger partial charge in [-0.1, -0.05) is 0 Å². The van der Waals surface area contributed by atoms with Crippen LogP contribution in [0.2, 0.25) is 0 Å². The number of aliphatic hydroxyl groups is 1. The number of nitro benzene ring substituents is 1. The third kappa shape index (κ3) is 4.80. The summed E-state index contributed by atoms with van der Waals surface area (Å²) in [7, 11) is 1.88. The van der Waals surface area contributed by atoms with Gasteiger partial charge >= 0.3 is 0 Å². The normalized spacial score (nSPS) is 10.5. The van der Waals surface area contributed by atoms with Crippen molar-refractivity contribution in [3.8, 4) is 5.75 Å². The summed E-state index contributed by atoms with van der Waals surface area (Å²) in [5, 5.41) is 19.1. The van der Waals surface area contributed by atoms with E-state index >= 15 is 0 Å². The number of nitro groups is 1. The minimum Gasteiger partial charge on any atom is -0.492 e. The molecular formula is C11H16N2O4. The van der Waals surface area contributed by atoms with Crippen molar-refractivity contribution in [1.82, 2.24) is 4.90 Å². The van der Waals surface area contributed by atoms with Crippen LogP contribution in [-0.4, -0.2) is 48.3 Å². The van der Waals surface area contributed by atoms with E-state index in [-0.39, 0.29) is 12.3 Å². The zero-order valence-electron chi connectivity index (χ0n) is 9.70. The van der Waals surface area contributed by atoms with Gasteiger partial charge in [-0.3, -0.25) is 10.1 Å². The molecule has 0 bridgehead atoms. The van der Waals surface area contributed by atoms with E-state index in [2.05, 4.69) is 0 Å². The first kappa shape index (κ1) is 13.4. The third-order valence-corrected chi connectivity index (χ3v) is 2.27. The SMILES string of the molecule is CN(CCO)CCOc1ccc([N+](=O)[O-])cc1. The molecule has 0 atom stereocenters. The second kappa shape index (κ2) is 6.82. The molecule has 6 heteroatoms. The summed E-state index contributed by atoms with van der Waals surface area (Å²) in [6, 6.07) is 5.97. The minimum absolute atomic E-state index is 0.0507. The summed E-state index contributed by atoms with van der Waals surface area (Å²) >= 11 is 0. The fourth-order valence-electron chi connectivity index (χ4n) is 1.27. The van der Waals surface area contributed by atoms with Gasteiger partial charge in [0.25, 0.3) is 5.69 Å². The van der Waals surface area contributed by atoms with Gasteiger partial charge in [0.15, 0.2) is 0 Å². The van der Waals surface area contributed by atoms with Crippen LogP contribution in [0.4, 0.5) is 5.69 Å². The summed E-state index contributed by atoms with van der Waals surface area (Å²) < 4.78 is 5.41. The number of non-ortho nitro benzene ring substituents is 1. The minimum atomic E-state index is -0.446. The first-order chi connectivity index (χ1) is 8.13. The highest BCUT2D eigenvalue weighted by atomic mass is 16.6. The Bertz CT molecular complexity index is 353. The maximum absolute atomic E-state index is 10.4. The Morgan fingerprint density at radius 3 is 2.53 bits per heavy atom. The highest BCUT2D eigenvalue weighted by Gasteiger charge is 2.04. The number of likely N-dealkylation sites (N-methyl/N-ethyl adjacent to an activating group) is 1. The standard InChI is InChI=1S/C11H16N2O4/c1-12(6-8-14)7-9-17-11-4-2-10(3-5-11)13(15)16/h2-5,14H,6-9H2,1H3. The molecule has 0 fully saturated rings.